The number of hydrogen-bond donors (Lipinski definition) is 1. The van der Waals surface area contributed by atoms with Crippen molar-refractivity contribution in [1.82, 2.24) is 5.32 Å². The van der Waals surface area contributed by atoms with Crippen LogP contribution >= 0.6 is 0 Å². The van der Waals surface area contributed by atoms with Gasteiger partial charge in [-0.25, -0.2) is 4.39 Å². The van der Waals surface area contributed by atoms with E-state index in [-0.39, 0.29) is 11.9 Å². The number of nitrogens with one attached hydrogen (secondary N) is 1. The molecule has 3 heteroatoms. The predicted octanol–water partition coefficient (Wildman–Crippen LogP) is 4.53. The summed E-state index contributed by atoms with van der Waals surface area (Å²) in [5.74, 6) is 1.50. The third-order valence-corrected chi connectivity index (χ3v) is 4.18. The summed E-state index contributed by atoms with van der Waals surface area (Å²) >= 11 is 0. The first-order valence-corrected chi connectivity index (χ1v) is 8.24. The molecular weight excluding hydrogens is 265 g/mol. The molecular formula is C18H28FNO. The van der Waals surface area contributed by atoms with Crippen LogP contribution in [0.25, 0.3) is 0 Å². The molecule has 1 saturated carbocycles. The molecule has 0 radical (unpaired) electrons. The molecule has 1 N–H and O–H groups in total. The maximum Gasteiger partial charge on any atom is 0.165 e. The second kappa shape index (κ2) is 7.79. The summed E-state index contributed by atoms with van der Waals surface area (Å²) < 4.78 is 20.1. The lowest BCUT2D eigenvalue weighted by Gasteiger charge is -2.31. The smallest absolute Gasteiger partial charge is 0.165 e. The van der Waals surface area contributed by atoms with Crippen LogP contribution in [0.5, 0.6) is 5.75 Å². The first-order chi connectivity index (χ1) is 10.1. The molecule has 1 aliphatic rings. The summed E-state index contributed by atoms with van der Waals surface area (Å²) in [5, 5.41) is 3.28. The van der Waals surface area contributed by atoms with Crippen LogP contribution in [-0.2, 0) is 6.54 Å². The zero-order valence-electron chi connectivity index (χ0n) is 13.5. The van der Waals surface area contributed by atoms with Gasteiger partial charge in [-0.05, 0) is 61.8 Å². The number of halogens is 1. The third kappa shape index (κ3) is 4.99. The van der Waals surface area contributed by atoms with Crippen molar-refractivity contribution < 1.29 is 9.13 Å². The Morgan fingerprint density at radius 2 is 1.90 bits per heavy atom. The van der Waals surface area contributed by atoms with Crippen molar-refractivity contribution in [2.75, 3.05) is 6.54 Å². The van der Waals surface area contributed by atoms with Crippen LogP contribution < -0.4 is 10.1 Å². The van der Waals surface area contributed by atoms with E-state index in [0.717, 1.165) is 31.4 Å². The molecule has 0 aliphatic heterocycles. The Morgan fingerprint density at radius 1 is 1.19 bits per heavy atom. The Kier molecular flexibility index (Phi) is 6.04. The lowest BCUT2D eigenvalue weighted by molar-refractivity contribution is 0.0970. The highest BCUT2D eigenvalue weighted by Gasteiger charge is 2.25. The van der Waals surface area contributed by atoms with Gasteiger partial charge in [0.1, 0.15) is 0 Å². The van der Waals surface area contributed by atoms with Crippen LogP contribution in [0.2, 0.25) is 0 Å². The summed E-state index contributed by atoms with van der Waals surface area (Å²) in [6.45, 7) is 8.30. The lowest BCUT2D eigenvalue weighted by atomic mass is 9.82. The lowest BCUT2D eigenvalue weighted by Crippen LogP contribution is -2.28. The number of hydrogen-bond acceptors (Lipinski definition) is 2. The van der Waals surface area contributed by atoms with Gasteiger partial charge in [0.05, 0.1) is 6.10 Å². The molecule has 1 aromatic rings. The molecule has 21 heavy (non-hydrogen) atoms. The van der Waals surface area contributed by atoms with Crippen LogP contribution in [0.1, 0.15) is 52.0 Å². The summed E-state index contributed by atoms with van der Waals surface area (Å²) in [5.41, 5.74) is 0.971. The minimum Gasteiger partial charge on any atom is -0.487 e. The van der Waals surface area contributed by atoms with E-state index >= 15 is 0 Å². The second-order valence-corrected chi connectivity index (χ2v) is 6.60. The molecule has 0 amide bonds. The van der Waals surface area contributed by atoms with Gasteiger partial charge in [-0.1, -0.05) is 26.8 Å². The van der Waals surface area contributed by atoms with E-state index in [0.29, 0.717) is 24.1 Å². The van der Waals surface area contributed by atoms with E-state index in [4.69, 9.17) is 4.74 Å². The Balaban J connectivity index is 1.94. The normalized spacial score (nSPS) is 25.8. The quantitative estimate of drug-likeness (QED) is 0.778. The van der Waals surface area contributed by atoms with Gasteiger partial charge in [-0.2, -0.15) is 0 Å². The summed E-state index contributed by atoms with van der Waals surface area (Å²) in [4.78, 5) is 0. The number of rotatable bonds is 6. The van der Waals surface area contributed by atoms with E-state index in [2.05, 4.69) is 26.1 Å². The average molecular weight is 293 g/mol. The predicted molar refractivity (Wildman–Crippen MR) is 85.0 cm³/mol. The first-order valence-electron chi connectivity index (χ1n) is 8.24. The molecule has 2 atom stereocenters. The van der Waals surface area contributed by atoms with Crippen LogP contribution in [-0.4, -0.2) is 12.6 Å². The highest BCUT2D eigenvalue weighted by molar-refractivity contribution is 5.29. The molecule has 118 valence electrons. The number of ether oxygens (including phenoxy) is 1. The maximum atomic E-state index is 14.2. The Morgan fingerprint density at radius 3 is 2.52 bits per heavy atom. The Hall–Kier alpha value is -1.09. The molecule has 1 fully saturated rings. The fourth-order valence-electron chi connectivity index (χ4n) is 3.31. The van der Waals surface area contributed by atoms with Gasteiger partial charge >= 0.3 is 0 Å². The zero-order chi connectivity index (χ0) is 15.2. The van der Waals surface area contributed by atoms with Gasteiger partial charge < -0.3 is 10.1 Å². The summed E-state index contributed by atoms with van der Waals surface area (Å²) in [7, 11) is 0. The average Bonchev–Trinajstić information content (AvgIpc) is 2.41. The highest BCUT2D eigenvalue weighted by atomic mass is 19.1. The van der Waals surface area contributed by atoms with Gasteiger partial charge in [-0.15, -0.1) is 0 Å². The standard InChI is InChI=1S/C18H28FNO/c1-4-7-20-12-15-5-6-18(17(19)11-15)21-16-9-13(2)8-14(3)10-16/h5-6,11,13-14,16,20H,4,7-10,12H2,1-3H3. The third-order valence-electron chi connectivity index (χ3n) is 4.18. The Labute approximate surface area is 128 Å². The minimum absolute atomic E-state index is 0.155. The van der Waals surface area contributed by atoms with Gasteiger partial charge in [0.25, 0.3) is 0 Å². The van der Waals surface area contributed by atoms with Crippen LogP contribution in [0.4, 0.5) is 4.39 Å². The maximum absolute atomic E-state index is 14.2. The van der Waals surface area contributed by atoms with Crippen LogP contribution in [0.3, 0.4) is 0 Å². The molecule has 2 nitrogen and oxygen atoms in total. The summed E-state index contributed by atoms with van der Waals surface area (Å²) in [6, 6.07) is 5.33. The van der Waals surface area contributed by atoms with E-state index < -0.39 is 0 Å². The van der Waals surface area contributed by atoms with E-state index in [9.17, 15) is 4.39 Å². The molecule has 2 unspecified atom stereocenters. The number of benzene rings is 1. The highest BCUT2D eigenvalue weighted by Crippen LogP contribution is 2.32. The van der Waals surface area contributed by atoms with Crippen molar-refractivity contribution in [2.45, 2.75) is 59.1 Å². The molecule has 2 rings (SSSR count). The van der Waals surface area contributed by atoms with Crippen LogP contribution in [0.15, 0.2) is 18.2 Å². The SMILES string of the molecule is CCCNCc1ccc(OC2CC(C)CC(C)C2)c(F)c1. The van der Waals surface area contributed by atoms with Crippen LogP contribution in [0, 0.1) is 17.7 Å². The second-order valence-electron chi connectivity index (χ2n) is 6.60. The van der Waals surface area contributed by atoms with Crippen molar-refractivity contribution in [2.24, 2.45) is 11.8 Å². The monoisotopic (exact) mass is 293 g/mol. The Bertz CT molecular complexity index is 439. The van der Waals surface area contributed by atoms with Gasteiger partial charge in [-0.3, -0.25) is 0 Å². The minimum atomic E-state index is -0.239. The van der Waals surface area contributed by atoms with Crippen molar-refractivity contribution in [3.05, 3.63) is 29.6 Å². The van der Waals surface area contributed by atoms with E-state index in [1.54, 1.807) is 12.1 Å². The fraction of sp³-hybridized carbons (Fsp3) is 0.667. The summed E-state index contributed by atoms with van der Waals surface area (Å²) in [6.07, 6.45) is 4.56. The molecule has 0 saturated heterocycles. The van der Waals surface area contributed by atoms with Crippen molar-refractivity contribution in [1.29, 1.82) is 0 Å². The molecule has 0 spiro atoms. The molecule has 0 heterocycles. The zero-order valence-corrected chi connectivity index (χ0v) is 13.5. The van der Waals surface area contributed by atoms with Gasteiger partial charge in [0.15, 0.2) is 11.6 Å². The van der Waals surface area contributed by atoms with Crippen molar-refractivity contribution in [3.8, 4) is 5.75 Å². The van der Waals surface area contributed by atoms with Gasteiger partial charge in [0, 0.05) is 6.54 Å². The molecule has 1 aliphatic carbocycles. The largest absolute Gasteiger partial charge is 0.487 e. The molecule has 1 aromatic carbocycles. The molecule has 0 bridgehead atoms. The topological polar surface area (TPSA) is 21.3 Å². The first kappa shape index (κ1) is 16.3. The van der Waals surface area contributed by atoms with Crippen molar-refractivity contribution >= 4 is 0 Å². The fourth-order valence-corrected chi connectivity index (χ4v) is 3.31. The van der Waals surface area contributed by atoms with E-state index in [1.807, 2.05) is 6.07 Å². The van der Waals surface area contributed by atoms with Gasteiger partial charge in [0.2, 0.25) is 0 Å². The van der Waals surface area contributed by atoms with E-state index in [1.165, 1.54) is 6.42 Å². The molecule has 0 aromatic heterocycles. The van der Waals surface area contributed by atoms with Crippen molar-refractivity contribution in [3.63, 3.8) is 0 Å².